The lowest BCUT2D eigenvalue weighted by atomic mass is 10.1. The molecule has 1 fully saturated rings. The predicted molar refractivity (Wildman–Crippen MR) is 119 cm³/mol. The second kappa shape index (κ2) is 8.40. The zero-order valence-corrected chi connectivity index (χ0v) is 17.6. The summed E-state index contributed by atoms with van der Waals surface area (Å²) in [6.45, 7) is 0.604. The third-order valence-corrected chi connectivity index (χ3v) is 5.90. The summed E-state index contributed by atoms with van der Waals surface area (Å²) in [5, 5.41) is 9.04. The smallest absolute Gasteiger partial charge is 0.261 e. The maximum atomic E-state index is 13.0. The van der Waals surface area contributed by atoms with Crippen LogP contribution in [0.3, 0.4) is 0 Å². The van der Waals surface area contributed by atoms with E-state index in [9.17, 15) is 4.79 Å². The molecule has 1 aliphatic heterocycles. The van der Waals surface area contributed by atoms with Gasteiger partial charge in [-0.2, -0.15) is 0 Å². The summed E-state index contributed by atoms with van der Waals surface area (Å²) in [5.74, 6) is 1.20. The van der Waals surface area contributed by atoms with Gasteiger partial charge in [-0.1, -0.05) is 54.1 Å². The Hall–Kier alpha value is -3.38. The summed E-state index contributed by atoms with van der Waals surface area (Å²) in [6.07, 6.45) is 3.70. The average Bonchev–Trinajstić information content (AvgIpc) is 3.45. The van der Waals surface area contributed by atoms with Crippen molar-refractivity contribution in [3.8, 4) is 16.9 Å². The Kier molecular flexibility index (Phi) is 5.30. The van der Waals surface area contributed by atoms with Gasteiger partial charge in [0.15, 0.2) is 18.1 Å². The summed E-state index contributed by atoms with van der Waals surface area (Å²) < 4.78 is 7.73. The fraction of sp³-hybridized carbons (Fsp3) is 0.208. The van der Waals surface area contributed by atoms with Crippen molar-refractivity contribution in [2.75, 3.05) is 13.2 Å². The summed E-state index contributed by atoms with van der Waals surface area (Å²) in [7, 11) is 0. The van der Waals surface area contributed by atoms with Gasteiger partial charge in [-0.25, -0.2) is 0 Å². The lowest BCUT2D eigenvalue weighted by Gasteiger charge is -2.23. The molecule has 4 aromatic rings. The second-order valence-electron chi connectivity index (χ2n) is 7.53. The number of hydrogen-bond donors (Lipinski definition) is 0. The molecule has 1 saturated heterocycles. The summed E-state index contributed by atoms with van der Waals surface area (Å²) in [4.78, 5) is 14.8. The zero-order valence-electron chi connectivity index (χ0n) is 16.8. The number of carbonyl (C=O) groups is 1. The van der Waals surface area contributed by atoms with E-state index in [2.05, 4.69) is 10.2 Å². The molecule has 1 unspecified atom stereocenters. The highest BCUT2D eigenvalue weighted by Gasteiger charge is 2.33. The first-order valence-corrected chi connectivity index (χ1v) is 10.7. The van der Waals surface area contributed by atoms with E-state index in [0.717, 1.165) is 35.4 Å². The second-order valence-corrected chi connectivity index (χ2v) is 7.94. The van der Waals surface area contributed by atoms with Crippen LogP contribution in [0.25, 0.3) is 16.8 Å². The topological polar surface area (TPSA) is 59.7 Å². The van der Waals surface area contributed by atoms with Crippen LogP contribution in [0.15, 0.2) is 72.9 Å². The molecular formula is C24H21ClN4O2. The van der Waals surface area contributed by atoms with E-state index in [1.807, 2.05) is 82.2 Å². The molecule has 0 aliphatic carbocycles. The normalized spacial score (nSPS) is 16.0. The maximum absolute atomic E-state index is 13.0. The third kappa shape index (κ3) is 3.86. The number of hydrogen-bond acceptors (Lipinski definition) is 4. The molecule has 6 nitrogen and oxygen atoms in total. The Morgan fingerprint density at radius 2 is 1.87 bits per heavy atom. The monoisotopic (exact) mass is 432 g/mol. The number of carbonyl (C=O) groups excluding carboxylic acids is 1. The Balaban J connectivity index is 1.29. The van der Waals surface area contributed by atoms with Crippen molar-refractivity contribution >= 4 is 23.2 Å². The van der Waals surface area contributed by atoms with E-state index >= 15 is 0 Å². The molecule has 1 amide bonds. The average molecular weight is 433 g/mol. The molecule has 156 valence electrons. The minimum absolute atomic E-state index is 0.0718. The van der Waals surface area contributed by atoms with Crippen LogP contribution in [0.2, 0.25) is 5.02 Å². The van der Waals surface area contributed by atoms with Crippen LogP contribution in [0.4, 0.5) is 0 Å². The van der Waals surface area contributed by atoms with Crippen molar-refractivity contribution < 1.29 is 9.53 Å². The van der Waals surface area contributed by atoms with Crippen molar-refractivity contribution in [2.45, 2.75) is 18.9 Å². The number of ether oxygens (including phenoxy) is 1. The molecule has 3 heterocycles. The highest BCUT2D eigenvalue weighted by molar-refractivity contribution is 6.32. The van der Waals surface area contributed by atoms with E-state index in [1.54, 1.807) is 0 Å². The molecule has 0 bridgehead atoms. The maximum Gasteiger partial charge on any atom is 0.261 e. The SMILES string of the molecule is O=C(COc1ccc(-c2ccccc2)cc1Cl)N1CCCC1c1nnc2ccccn12. The van der Waals surface area contributed by atoms with Crippen LogP contribution in [0, 0.1) is 0 Å². The molecule has 31 heavy (non-hydrogen) atoms. The van der Waals surface area contributed by atoms with Gasteiger partial charge in [-0.15, -0.1) is 10.2 Å². The number of fused-ring (bicyclic) bond motifs is 1. The van der Waals surface area contributed by atoms with Crippen molar-refractivity contribution in [1.82, 2.24) is 19.5 Å². The van der Waals surface area contributed by atoms with Crippen LogP contribution in [0.5, 0.6) is 5.75 Å². The lowest BCUT2D eigenvalue weighted by molar-refractivity contribution is -0.134. The van der Waals surface area contributed by atoms with Gasteiger partial charge in [0.1, 0.15) is 5.75 Å². The van der Waals surface area contributed by atoms with Gasteiger partial charge in [-0.05, 0) is 48.2 Å². The molecule has 1 atom stereocenters. The molecule has 0 spiro atoms. The molecule has 0 radical (unpaired) electrons. The van der Waals surface area contributed by atoms with Gasteiger partial charge >= 0.3 is 0 Å². The van der Waals surface area contributed by atoms with E-state index in [1.165, 1.54) is 0 Å². The Bertz CT molecular complexity index is 1220. The van der Waals surface area contributed by atoms with E-state index in [0.29, 0.717) is 17.3 Å². The minimum Gasteiger partial charge on any atom is -0.482 e. The molecule has 5 rings (SSSR count). The number of halogens is 1. The first-order chi connectivity index (χ1) is 15.2. The van der Waals surface area contributed by atoms with Crippen LogP contribution in [-0.2, 0) is 4.79 Å². The summed E-state index contributed by atoms with van der Waals surface area (Å²) in [6, 6.07) is 21.3. The number of rotatable bonds is 5. The van der Waals surface area contributed by atoms with Gasteiger partial charge in [0.2, 0.25) is 0 Å². The molecule has 2 aromatic carbocycles. The quantitative estimate of drug-likeness (QED) is 0.455. The van der Waals surface area contributed by atoms with Gasteiger partial charge in [0.05, 0.1) is 11.1 Å². The van der Waals surface area contributed by atoms with Gasteiger partial charge < -0.3 is 9.64 Å². The Morgan fingerprint density at radius 3 is 2.71 bits per heavy atom. The molecule has 0 N–H and O–H groups in total. The number of likely N-dealkylation sites (tertiary alicyclic amines) is 1. The molecular weight excluding hydrogens is 412 g/mol. The van der Waals surface area contributed by atoms with E-state index in [4.69, 9.17) is 16.3 Å². The van der Waals surface area contributed by atoms with Crippen molar-refractivity contribution in [3.63, 3.8) is 0 Å². The first kappa shape index (κ1) is 19.6. The van der Waals surface area contributed by atoms with Crippen LogP contribution in [0.1, 0.15) is 24.7 Å². The standard InChI is InChI=1S/C24H21ClN4O2/c25-19-15-18(17-7-2-1-3-8-17)11-12-21(19)31-16-23(30)28-14-6-9-20(28)24-27-26-22-10-4-5-13-29(22)24/h1-5,7-8,10-13,15,20H,6,9,14,16H2. The Morgan fingerprint density at radius 1 is 1.03 bits per heavy atom. The van der Waals surface area contributed by atoms with Crippen molar-refractivity contribution in [2.24, 2.45) is 0 Å². The number of nitrogens with zero attached hydrogens (tertiary/aromatic N) is 4. The van der Waals surface area contributed by atoms with E-state index in [-0.39, 0.29) is 18.6 Å². The highest BCUT2D eigenvalue weighted by Crippen LogP contribution is 2.33. The van der Waals surface area contributed by atoms with Gasteiger partial charge in [0.25, 0.3) is 5.91 Å². The van der Waals surface area contributed by atoms with Crippen LogP contribution < -0.4 is 4.74 Å². The van der Waals surface area contributed by atoms with E-state index < -0.39 is 0 Å². The molecule has 7 heteroatoms. The van der Waals surface area contributed by atoms with Crippen molar-refractivity contribution in [3.05, 3.63) is 83.8 Å². The van der Waals surface area contributed by atoms with Crippen LogP contribution in [-0.4, -0.2) is 38.6 Å². The molecule has 2 aromatic heterocycles. The number of amides is 1. The zero-order chi connectivity index (χ0) is 21.2. The fourth-order valence-corrected chi connectivity index (χ4v) is 4.31. The predicted octanol–water partition coefficient (Wildman–Crippen LogP) is 4.79. The van der Waals surface area contributed by atoms with Crippen LogP contribution >= 0.6 is 11.6 Å². The largest absolute Gasteiger partial charge is 0.482 e. The third-order valence-electron chi connectivity index (χ3n) is 5.60. The first-order valence-electron chi connectivity index (χ1n) is 10.3. The minimum atomic E-state index is -0.107. The summed E-state index contributed by atoms with van der Waals surface area (Å²) in [5.41, 5.74) is 2.85. The lowest BCUT2D eigenvalue weighted by Crippen LogP contribution is -2.35. The molecule has 0 saturated carbocycles. The van der Waals surface area contributed by atoms with Gasteiger partial charge in [-0.3, -0.25) is 9.20 Å². The molecule has 1 aliphatic rings. The Labute approximate surface area is 185 Å². The van der Waals surface area contributed by atoms with Crippen molar-refractivity contribution in [1.29, 1.82) is 0 Å². The highest BCUT2D eigenvalue weighted by atomic mass is 35.5. The summed E-state index contributed by atoms with van der Waals surface area (Å²) >= 11 is 6.43. The van der Waals surface area contributed by atoms with Gasteiger partial charge in [0, 0.05) is 12.7 Å². The fourth-order valence-electron chi connectivity index (χ4n) is 4.07. The number of benzene rings is 2. The number of aromatic nitrogens is 3. The number of pyridine rings is 1.